The van der Waals surface area contributed by atoms with Crippen LogP contribution in [0.1, 0.15) is 23.0 Å². The minimum Gasteiger partial charge on any atom is -0.378 e. The molecule has 0 bridgehead atoms. The Hall–Kier alpha value is -2.74. The van der Waals surface area contributed by atoms with E-state index in [0.717, 1.165) is 6.07 Å². The molecule has 1 aromatic heterocycles. The number of hydrogen-bond acceptors (Lipinski definition) is 5. The Morgan fingerprint density at radius 3 is 2.62 bits per heavy atom. The van der Waals surface area contributed by atoms with Gasteiger partial charge in [0.2, 0.25) is 0 Å². The molecular weight excluding hydrogens is 358 g/mol. The maximum Gasteiger partial charge on any atom is 0.277 e. The second-order valence-electron chi connectivity index (χ2n) is 5.41. The highest BCUT2D eigenvalue weighted by molar-refractivity contribution is 8.16. The van der Waals surface area contributed by atoms with Crippen LogP contribution in [-0.4, -0.2) is 22.1 Å². The molecule has 26 heavy (non-hydrogen) atoms. The highest BCUT2D eigenvalue weighted by Gasteiger charge is 2.13. The monoisotopic (exact) mass is 376 g/mol. The number of benzene rings is 1. The quantitative estimate of drug-likeness (QED) is 0.834. The van der Waals surface area contributed by atoms with E-state index < -0.39 is 11.7 Å². The van der Waals surface area contributed by atoms with Gasteiger partial charge in [-0.05, 0) is 55.2 Å². The smallest absolute Gasteiger partial charge is 0.277 e. The van der Waals surface area contributed by atoms with Crippen LogP contribution >= 0.6 is 11.8 Å². The molecule has 1 amide bonds. The Labute approximate surface area is 154 Å². The number of carbonyl (C=O) groups is 1. The molecule has 0 fully saturated rings. The van der Waals surface area contributed by atoms with E-state index in [-0.39, 0.29) is 17.6 Å². The number of aliphatic imine (C=N–C) groups is 1. The van der Waals surface area contributed by atoms with Gasteiger partial charge in [-0.2, -0.15) is 0 Å². The lowest BCUT2D eigenvalue weighted by Crippen LogP contribution is -2.15. The van der Waals surface area contributed by atoms with Crippen LogP contribution in [0.2, 0.25) is 0 Å². The molecule has 0 aliphatic carbocycles. The molecule has 1 aliphatic rings. The lowest BCUT2D eigenvalue weighted by Gasteiger charge is -2.06. The maximum absolute atomic E-state index is 13.3. The molecule has 1 aliphatic heterocycles. The molecule has 0 spiro atoms. The van der Waals surface area contributed by atoms with Crippen LogP contribution in [0.15, 0.2) is 53.0 Å². The Morgan fingerprint density at radius 1 is 1.27 bits per heavy atom. The van der Waals surface area contributed by atoms with Crippen LogP contribution in [0.5, 0.6) is 0 Å². The van der Waals surface area contributed by atoms with E-state index in [9.17, 15) is 13.6 Å². The van der Waals surface area contributed by atoms with Crippen molar-refractivity contribution in [3.8, 4) is 0 Å². The van der Waals surface area contributed by atoms with Crippen molar-refractivity contribution in [2.45, 2.75) is 19.9 Å². The zero-order valence-electron chi connectivity index (χ0n) is 14.2. The summed E-state index contributed by atoms with van der Waals surface area (Å²) in [6, 6.07) is 6.93. The van der Waals surface area contributed by atoms with Gasteiger partial charge in [0, 0.05) is 11.9 Å². The summed E-state index contributed by atoms with van der Waals surface area (Å²) in [6.07, 6.45) is 3.34. The number of thioether (sulfide) groups is 1. The summed E-state index contributed by atoms with van der Waals surface area (Å²) in [5.41, 5.74) is 5.88. The number of nitrogens with one attached hydrogen (secondary N) is 1. The first-order chi connectivity index (χ1) is 12.4. The summed E-state index contributed by atoms with van der Waals surface area (Å²) in [5.74, 6) is -1.73. The number of hydrogen-bond donors (Lipinski definition) is 2. The summed E-state index contributed by atoms with van der Waals surface area (Å²) in [5, 5.41) is 5.09. The van der Waals surface area contributed by atoms with Crippen LogP contribution in [0, 0.1) is 18.6 Å². The maximum atomic E-state index is 13.3. The molecule has 136 valence electrons. The van der Waals surface area contributed by atoms with Crippen LogP contribution in [0.4, 0.5) is 14.5 Å². The summed E-state index contributed by atoms with van der Waals surface area (Å²) in [7, 11) is 0. The van der Waals surface area contributed by atoms with Crippen molar-refractivity contribution in [1.82, 2.24) is 4.98 Å². The third-order valence-electron chi connectivity index (χ3n) is 3.27. The number of aryl methyl sites for hydroxylation is 1. The number of nitrogens with two attached hydrogens (primary N) is 1. The Bertz CT molecular complexity index is 855. The third-order valence-corrected chi connectivity index (χ3v) is 3.91. The van der Waals surface area contributed by atoms with Crippen molar-refractivity contribution in [2.75, 3.05) is 5.32 Å². The van der Waals surface area contributed by atoms with Gasteiger partial charge in [-0.1, -0.05) is 17.8 Å². The van der Waals surface area contributed by atoms with E-state index in [1.54, 1.807) is 6.92 Å². The largest absolute Gasteiger partial charge is 0.378 e. The minimum atomic E-state index is -0.700. The summed E-state index contributed by atoms with van der Waals surface area (Å²) < 4.78 is 26.3. The first-order valence-corrected chi connectivity index (χ1v) is 8.59. The number of rotatable bonds is 2. The molecule has 0 saturated carbocycles. The van der Waals surface area contributed by atoms with Crippen LogP contribution in [0.3, 0.4) is 0 Å². The number of amides is 1. The second-order valence-corrected chi connectivity index (χ2v) is 6.33. The van der Waals surface area contributed by atoms with Gasteiger partial charge in [0.25, 0.3) is 5.91 Å². The fraction of sp³-hybridized carbons (Fsp3) is 0.167. The van der Waals surface area contributed by atoms with Crippen molar-refractivity contribution >= 4 is 28.5 Å². The van der Waals surface area contributed by atoms with Gasteiger partial charge in [0.15, 0.2) is 16.7 Å². The van der Waals surface area contributed by atoms with E-state index in [4.69, 9.17) is 5.73 Å². The number of halogens is 2. The fourth-order valence-electron chi connectivity index (χ4n) is 1.96. The predicted molar refractivity (Wildman–Crippen MR) is 101 cm³/mol. The van der Waals surface area contributed by atoms with Crippen molar-refractivity contribution in [1.29, 1.82) is 0 Å². The lowest BCUT2D eigenvalue weighted by atomic mass is 10.2. The average Bonchev–Trinajstić information content (AvgIpc) is 2.59. The summed E-state index contributed by atoms with van der Waals surface area (Å²) in [4.78, 5) is 19.4. The Kier molecular flexibility index (Phi) is 6.85. The van der Waals surface area contributed by atoms with Crippen molar-refractivity contribution in [3.05, 3.63) is 70.9 Å². The second kappa shape index (κ2) is 9.10. The molecule has 1 aromatic carbocycles. The minimum absolute atomic E-state index is 0.274. The molecule has 3 rings (SSSR count). The first-order valence-electron chi connectivity index (χ1n) is 7.71. The zero-order valence-corrected chi connectivity index (χ0v) is 15.1. The van der Waals surface area contributed by atoms with Crippen LogP contribution < -0.4 is 11.1 Å². The van der Waals surface area contributed by atoms with E-state index in [2.05, 4.69) is 15.3 Å². The number of carbonyl (C=O) groups excluding carboxylic acids is 1. The molecule has 3 N–H and O–H groups in total. The van der Waals surface area contributed by atoms with Gasteiger partial charge in [-0.15, -0.1) is 0 Å². The highest BCUT2D eigenvalue weighted by atomic mass is 32.2. The number of pyridine rings is 1. The molecule has 0 saturated heterocycles. The van der Waals surface area contributed by atoms with Gasteiger partial charge in [-0.25, -0.2) is 13.8 Å². The highest BCUT2D eigenvalue weighted by Crippen LogP contribution is 2.15. The first kappa shape index (κ1) is 19.6. The Morgan fingerprint density at radius 2 is 2.04 bits per heavy atom. The topological polar surface area (TPSA) is 80.4 Å². The van der Waals surface area contributed by atoms with E-state index in [0.29, 0.717) is 16.4 Å². The molecule has 5 nitrogen and oxygen atoms in total. The molecular formula is C18H18F2N4OS. The van der Waals surface area contributed by atoms with Crippen LogP contribution in [-0.2, 0) is 0 Å². The molecule has 0 radical (unpaired) electrons. The normalized spacial score (nSPS) is 15.5. The Balaban J connectivity index is 0.000000254. The van der Waals surface area contributed by atoms with Crippen LogP contribution in [0.25, 0.3) is 0 Å². The van der Waals surface area contributed by atoms with Gasteiger partial charge in [0.1, 0.15) is 5.82 Å². The number of aromatic nitrogens is 1. The predicted octanol–water partition coefficient (Wildman–Crippen LogP) is 3.87. The summed E-state index contributed by atoms with van der Waals surface area (Å²) >= 11 is 1.47. The lowest BCUT2D eigenvalue weighted by molar-refractivity contribution is 0.101. The molecule has 2 aromatic rings. The molecule has 1 atom stereocenters. The molecule has 2 heterocycles. The van der Waals surface area contributed by atoms with Crippen molar-refractivity contribution in [3.63, 3.8) is 0 Å². The summed E-state index contributed by atoms with van der Waals surface area (Å²) in [6.45, 7) is 3.58. The number of nitrogens with zero attached hydrogens (tertiary/aromatic N) is 2. The van der Waals surface area contributed by atoms with Crippen molar-refractivity contribution < 1.29 is 13.6 Å². The fourth-order valence-corrected chi connectivity index (χ4v) is 2.63. The average molecular weight is 376 g/mol. The zero-order chi connectivity index (χ0) is 19.1. The van der Waals surface area contributed by atoms with Gasteiger partial charge in [-0.3, -0.25) is 9.79 Å². The van der Waals surface area contributed by atoms with E-state index in [1.165, 1.54) is 42.2 Å². The SMILES string of the molecule is C[C@H]1C=CSC(N)=N1.Cc1cc(NC(=O)c2ncccc2F)ccc1F. The van der Waals surface area contributed by atoms with Crippen molar-refractivity contribution in [2.24, 2.45) is 10.7 Å². The van der Waals surface area contributed by atoms with Gasteiger partial charge >= 0.3 is 0 Å². The van der Waals surface area contributed by atoms with Gasteiger partial charge < -0.3 is 11.1 Å². The van der Waals surface area contributed by atoms with Gasteiger partial charge in [0.05, 0.1) is 6.04 Å². The molecule has 0 unspecified atom stereocenters. The number of anilines is 1. The standard InChI is InChI=1S/C13H10F2N2O.C5H8N2S/c1-8-7-9(4-5-10(8)14)17-13(18)12-11(15)3-2-6-16-12;1-4-2-3-8-5(6)7-4/h2-7H,1H3,(H,17,18);2-4H,1H3,(H2,6,7)/t;4-/m.0/s1. The number of amidine groups is 1. The van der Waals surface area contributed by atoms with E-state index >= 15 is 0 Å². The third kappa shape index (κ3) is 5.66. The molecule has 8 heteroatoms. The van der Waals surface area contributed by atoms with E-state index in [1.807, 2.05) is 18.4 Å².